The largest absolute Gasteiger partial charge is 0.384 e. The molecule has 0 saturated carbocycles. The first-order chi connectivity index (χ1) is 7.29. The van der Waals surface area contributed by atoms with Gasteiger partial charge in [0.1, 0.15) is 18.0 Å². The van der Waals surface area contributed by atoms with E-state index >= 15 is 0 Å². The first-order valence-electron chi connectivity index (χ1n) is 4.68. The molecule has 2 aromatic rings. The molecule has 15 heavy (non-hydrogen) atoms. The summed E-state index contributed by atoms with van der Waals surface area (Å²) in [6, 6.07) is 1.72. The molecule has 0 radical (unpaired) electrons. The van der Waals surface area contributed by atoms with Crippen molar-refractivity contribution in [1.82, 2.24) is 19.9 Å². The van der Waals surface area contributed by atoms with E-state index in [1.165, 1.54) is 6.33 Å². The summed E-state index contributed by atoms with van der Waals surface area (Å²) in [7, 11) is 0. The zero-order chi connectivity index (χ0) is 10.7. The smallest absolute Gasteiger partial charge is 0.131 e. The SMILES string of the molecule is CCc1nc(N)cc(-c2cncnc2)n1. The van der Waals surface area contributed by atoms with Gasteiger partial charge in [-0.3, -0.25) is 0 Å². The molecule has 76 valence electrons. The van der Waals surface area contributed by atoms with E-state index in [0.29, 0.717) is 5.82 Å². The Morgan fingerprint density at radius 2 is 1.93 bits per heavy atom. The molecule has 2 heterocycles. The van der Waals surface area contributed by atoms with Crippen LogP contribution in [0.15, 0.2) is 24.8 Å². The molecule has 5 nitrogen and oxygen atoms in total. The maximum atomic E-state index is 5.68. The van der Waals surface area contributed by atoms with Gasteiger partial charge < -0.3 is 5.73 Å². The third kappa shape index (κ3) is 2.07. The van der Waals surface area contributed by atoms with Crippen LogP contribution in [0.2, 0.25) is 0 Å². The molecule has 5 heteroatoms. The van der Waals surface area contributed by atoms with E-state index < -0.39 is 0 Å². The molecule has 0 saturated heterocycles. The molecule has 2 rings (SSSR count). The third-order valence-electron chi connectivity index (χ3n) is 1.96. The molecule has 0 aliphatic heterocycles. The summed E-state index contributed by atoms with van der Waals surface area (Å²) in [5, 5.41) is 0. The van der Waals surface area contributed by atoms with Crippen molar-refractivity contribution < 1.29 is 0 Å². The molecule has 0 fully saturated rings. The molecular weight excluding hydrogens is 190 g/mol. The molecule has 0 aliphatic carbocycles. The maximum absolute atomic E-state index is 5.68. The van der Waals surface area contributed by atoms with Crippen LogP contribution in [0, 0.1) is 0 Å². The maximum Gasteiger partial charge on any atom is 0.131 e. The first kappa shape index (κ1) is 9.51. The quantitative estimate of drug-likeness (QED) is 0.786. The van der Waals surface area contributed by atoms with Crippen LogP contribution in [0.1, 0.15) is 12.7 Å². The number of nitrogens with zero attached hydrogens (tertiary/aromatic N) is 4. The Morgan fingerprint density at radius 3 is 2.60 bits per heavy atom. The van der Waals surface area contributed by atoms with Crippen molar-refractivity contribution in [2.24, 2.45) is 0 Å². The van der Waals surface area contributed by atoms with Crippen molar-refractivity contribution >= 4 is 5.82 Å². The highest BCUT2D eigenvalue weighted by Crippen LogP contribution is 2.16. The number of hydrogen-bond acceptors (Lipinski definition) is 5. The second kappa shape index (κ2) is 4.00. The van der Waals surface area contributed by atoms with Crippen LogP contribution < -0.4 is 5.73 Å². The van der Waals surface area contributed by atoms with Gasteiger partial charge in [0.05, 0.1) is 5.69 Å². The number of hydrogen-bond donors (Lipinski definition) is 1. The molecule has 2 N–H and O–H groups in total. The Morgan fingerprint density at radius 1 is 1.20 bits per heavy atom. The Kier molecular flexibility index (Phi) is 2.53. The van der Waals surface area contributed by atoms with E-state index in [9.17, 15) is 0 Å². The molecule has 0 amide bonds. The summed E-state index contributed by atoms with van der Waals surface area (Å²) in [6.07, 6.45) is 5.64. The van der Waals surface area contributed by atoms with Gasteiger partial charge in [-0.05, 0) is 0 Å². The Labute approximate surface area is 87.4 Å². The molecule has 0 bridgehead atoms. The van der Waals surface area contributed by atoms with E-state index in [4.69, 9.17) is 5.73 Å². The van der Waals surface area contributed by atoms with Gasteiger partial charge >= 0.3 is 0 Å². The van der Waals surface area contributed by atoms with E-state index in [1.807, 2.05) is 6.92 Å². The predicted molar refractivity (Wildman–Crippen MR) is 56.8 cm³/mol. The molecule has 0 aliphatic rings. The van der Waals surface area contributed by atoms with Crippen LogP contribution in [0.4, 0.5) is 5.82 Å². The van der Waals surface area contributed by atoms with Crippen LogP contribution in [0.25, 0.3) is 11.3 Å². The number of aryl methyl sites for hydroxylation is 1. The lowest BCUT2D eigenvalue weighted by Gasteiger charge is -2.03. The minimum Gasteiger partial charge on any atom is -0.384 e. The highest BCUT2D eigenvalue weighted by Gasteiger charge is 2.03. The minimum absolute atomic E-state index is 0.473. The fourth-order valence-electron chi connectivity index (χ4n) is 1.26. The van der Waals surface area contributed by atoms with E-state index in [-0.39, 0.29) is 0 Å². The summed E-state index contributed by atoms with van der Waals surface area (Å²) >= 11 is 0. The lowest BCUT2D eigenvalue weighted by molar-refractivity contribution is 0.947. The second-order valence-electron chi connectivity index (χ2n) is 3.07. The molecule has 0 spiro atoms. The molecular formula is C10H11N5. The summed E-state index contributed by atoms with van der Waals surface area (Å²) in [4.78, 5) is 16.3. The zero-order valence-corrected chi connectivity index (χ0v) is 8.38. The van der Waals surface area contributed by atoms with Crippen molar-refractivity contribution in [2.45, 2.75) is 13.3 Å². The normalized spacial score (nSPS) is 10.2. The van der Waals surface area contributed by atoms with Gasteiger partial charge in [0, 0.05) is 30.4 Å². The summed E-state index contributed by atoms with van der Waals surface area (Å²) in [5.74, 6) is 1.20. The topological polar surface area (TPSA) is 77.6 Å². The number of nitrogens with two attached hydrogens (primary N) is 1. The predicted octanol–water partition coefficient (Wildman–Crippen LogP) is 1.08. The van der Waals surface area contributed by atoms with Crippen LogP contribution in [0.3, 0.4) is 0 Å². The standard InChI is InChI=1S/C10H11N5/c1-2-10-14-8(3-9(11)15-10)7-4-12-6-13-5-7/h3-6H,2H2,1H3,(H2,11,14,15). The van der Waals surface area contributed by atoms with Gasteiger partial charge in [0.25, 0.3) is 0 Å². The molecule has 0 aromatic carbocycles. The van der Waals surface area contributed by atoms with Gasteiger partial charge in [0.2, 0.25) is 0 Å². The molecule has 0 unspecified atom stereocenters. The van der Waals surface area contributed by atoms with Gasteiger partial charge in [-0.25, -0.2) is 19.9 Å². The Balaban J connectivity index is 2.49. The number of anilines is 1. The van der Waals surface area contributed by atoms with Crippen molar-refractivity contribution in [3.05, 3.63) is 30.6 Å². The highest BCUT2D eigenvalue weighted by atomic mass is 14.9. The van der Waals surface area contributed by atoms with Crippen molar-refractivity contribution in [1.29, 1.82) is 0 Å². The monoisotopic (exact) mass is 201 g/mol. The second-order valence-corrected chi connectivity index (χ2v) is 3.07. The lowest BCUT2D eigenvalue weighted by Crippen LogP contribution is -2.00. The number of aromatic nitrogens is 4. The van der Waals surface area contributed by atoms with Crippen molar-refractivity contribution in [2.75, 3.05) is 5.73 Å². The van der Waals surface area contributed by atoms with Gasteiger partial charge in [-0.1, -0.05) is 6.92 Å². The van der Waals surface area contributed by atoms with E-state index in [2.05, 4.69) is 19.9 Å². The van der Waals surface area contributed by atoms with Crippen LogP contribution in [-0.4, -0.2) is 19.9 Å². The zero-order valence-electron chi connectivity index (χ0n) is 8.38. The first-order valence-corrected chi connectivity index (χ1v) is 4.68. The van der Waals surface area contributed by atoms with Gasteiger partial charge in [-0.15, -0.1) is 0 Å². The average Bonchev–Trinajstić information content (AvgIpc) is 2.29. The van der Waals surface area contributed by atoms with Gasteiger partial charge in [-0.2, -0.15) is 0 Å². The van der Waals surface area contributed by atoms with E-state index in [0.717, 1.165) is 23.5 Å². The average molecular weight is 201 g/mol. The summed E-state index contributed by atoms with van der Waals surface area (Å²) in [5.41, 5.74) is 7.29. The summed E-state index contributed by atoms with van der Waals surface area (Å²) < 4.78 is 0. The lowest BCUT2D eigenvalue weighted by atomic mass is 10.2. The van der Waals surface area contributed by atoms with Crippen LogP contribution >= 0.6 is 0 Å². The van der Waals surface area contributed by atoms with E-state index in [1.54, 1.807) is 18.5 Å². The Hall–Kier alpha value is -2.04. The minimum atomic E-state index is 0.473. The van der Waals surface area contributed by atoms with Crippen molar-refractivity contribution in [3.63, 3.8) is 0 Å². The number of nitrogen functional groups attached to an aromatic ring is 1. The molecule has 0 atom stereocenters. The van der Waals surface area contributed by atoms with Crippen LogP contribution in [0.5, 0.6) is 0 Å². The fraction of sp³-hybridized carbons (Fsp3) is 0.200. The van der Waals surface area contributed by atoms with Crippen molar-refractivity contribution in [3.8, 4) is 11.3 Å². The molecule has 2 aromatic heterocycles. The third-order valence-corrected chi connectivity index (χ3v) is 1.96. The summed E-state index contributed by atoms with van der Waals surface area (Å²) in [6.45, 7) is 1.99. The fourth-order valence-corrected chi connectivity index (χ4v) is 1.26. The van der Waals surface area contributed by atoms with Gasteiger partial charge in [0.15, 0.2) is 0 Å². The number of rotatable bonds is 2. The highest BCUT2D eigenvalue weighted by molar-refractivity contribution is 5.59. The Bertz CT molecular complexity index is 455. The van der Waals surface area contributed by atoms with Crippen LogP contribution in [-0.2, 0) is 6.42 Å².